The van der Waals surface area contributed by atoms with Crippen molar-refractivity contribution in [3.63, 3.8) is 0 Å². The van der Waals surface area contributed by atoms with Gasteiger partial charge < -0.3 is 10.4 Å². The third kappa shape index (κ3) is 2.59. The van der Waals surface area contributed by atoms with Crippen LogP contribution < -0.4 is 5.32 Å². The lowest BCUT2D eigenvalue weighted by atomic mass is 10.0. The van der Waals surface area contributed by atoms with Crippen LogP contribution in [0.1, 0.15) is 16.7 Å². The molecule has 2 N–H and O–H groups in total. The third-order valence-corrected chi connectivity index (χ3v) is 2.95. The van der Waals surface area contributed by atoms with Gasteiger partial charge in [0.2, 0.25) is 0 Å². The minimum atomic E-state index is 0.364. The van der Waals surface area contributed by atoms with Gasteiger partial charge in [0.15, 0.2) is 0 Å². The van der Waals surface area contributed by atoms with Crippen LogP contribution in [0.3, 0.4) is 0 Å². The minimum Gasteiger partial charge on any atom is -0.508 e. The highest BCUT2D eigenvalue weighted by atomic mass is 16.3. The molecule has 2 nitrogen and oxygen atoms in total. The van der Waals surface area contributed by atoms with Gasteiger partial charge in [-0.05, 0) is 35.7 Å². The number of hydrogen-bond donors (Lipinski definition) is 2. The number of para-hydroxylation sites is 1. The molecule has 0 atom stereocenters. The molecule has 0 spiro atoms. The molecule has 0 aliphatic rings. The number of hydrogen-bond acceptors (Lipinski definition) is 2. The molecule has 0 aliphatic carbocycles. The largest absolute Gasteiger partial charge is 0.508 e. The van der Waals surface area contributed by atoms with E-state index in [1.807, 2.05) is 25.2 Å². The van der Waals surface area contributed by atoms with Crippen LogP contribution in [0, 0.1) is 6.92 Å². The van der Waals surface area contributed by atoms with Crippen molar-refractivity contribution >= 4 is 5.69 Å². The molecule has 2 aromatic rings. The van der Waals surface area contributed by atoms with Crippen molar-refractivity contribution in [2.45, 2.75) is 13.3 Å². The summed E-state index contributed by atoms with van der Waals surface area (Å²) in [5.41, 5.74) is 4.54. The van der Waals surface area contributed by atoms with E-state index >= 15 is 0 Å². The van der Waals surface area contributed by atoms with Gasteiger partial charge in [-0.1, -0.05) is 30.3 Å². The van der Waals surface area contributed by atoms with E-state index in [-0.39, 0.29) is 0 Å². The fourth-order valence-corrected chi connectivity index (χ4v) is 2.00. The van der Waals surface area contributed by atoms with Crippen molar-refractivity contribution in [2.75, 3.05) is 12.4 Å². The van der Waals surface area contributed by atoms with Crippen LogP contribution in [0.2, 0.25) is 0 Å². The third-order valence-electron chi connectivity index (χ3n) is 2.95. The second-order valence-corrected chi connectivity index (χ2v) is 4.20. The number of rotatable bonds is 3. The maximum Gasteiger partial charge on any atom is 0.119 e. The zero-order valence-corrected chi connectivity index (χ0v) is 10.2. The monoisotopic (exact) mass is 227 g/mol. The molecule has 0 heterocycles. The first-order valence-electron chi connectivity index (χ1n) is 5.75. The summed E-state index contributed by atoms with van der Waals surface area (Å²) in [6.07, 6.45) is 0.761. The average Bonchev–Trinajstić information content (AvgIpc) is 2.32. The Morgan fingerprint density at radius 1 is 1.12 bits per heavy atom. The molecule has 0 aromatic heterocycles. The summed E-state index contributed by atoms with van der Waals surface area (Å²) in [5.74, 6) is 0.364. The van der Waals surface area contributed by atoms with Gasteiger partial charge in [-0.15, -0.1) is 0 Å². The van der Waals surface area contributed by atoms with Crippen molar-refractivity contribution in [3.8, 4) is 5.75 Å². The summed E-state index contributed by atoms with van der Waals surface area (Å²) in [6.45, 7) is 2.08. The Morgan fingerprint density at radius 2 is 1.88 bits per heavy atom. The molecule has 0 saturated carbocycles. The maximum absolute atomic E-state index is 9.73. The first-order chi connectivity index (χ1) is 8.20. The molecule has 17 heavy (non-hydrogen) atoms. The van der Waals surface area contributed by atoms with E-state index in [0.717, 1.165) is 17.7 Å². The zero-order chi connectivity index (χ0) is 12.3. The second kappa shape index (κ2) is 4.91. The minimum absolute atomic E-state index is 0.364. The first-order valence-corrected chi connectivity index (χ1v) is 5.75. The van der Waals surface area contributed by atoms with Crippen LogP contribution in [-0.2, 0) is 6.42 Å². The Morgan fingerprint density at radius 3 is 2.53 bits per heavy atom. The van der Waals surface area contributed by atoms with Crippen LogP contribution >= 0.6 is 0 Å². The fourth-order valence-electron chi connectivity index (χ4n) is 2.00. The summed E-state index contributed by atoms with van der Waals surface area (Å²) in [5, 5.41) is 12.9. The molecule has 0 fully saturated rings. The highest BCUT2D eigenvalue weighted by Crippen LogP contribution is 2.22. The Bertz CT molecular complexity index is 520. The van der Waals surface area contributed by atoms with Crippen LogP contribution in [0.25, 0.3) is 0 Å². The van der Waals surface area contributed by atoms with Crippen molar-refractivity contribution in [1.82, 2.24) is 0 Å². The molecule has 88 valence electrons. The van der Waals surface area contributed by atoms with Crippen LogP contribution in [0.15, 0.2) is 42.5 Å². The lowest BCUT2D eigenvalue weighted by Gasteiger charge is -2.09. The summed E-state index contributed by atoms with van der Waals surface area (Å²) in [4.78, 5) is 0. The van der Waals surface area contributed by atoms with Gasteiger partial charge in [0.1, 0.15) is 5.75 Å². The molecule has 2 rings (SSSR count). The van der Waals surface area contributed by atoms with Crippen molar-refractivity contribution in [3.05, 3.63) is 59.2 Å². The molecule has 0 saturated heterocycles. The average molecular weight is 227 g/mol. The predicted octanol–water partition coefficient (Wildman–Crippen LogP) is 3.33. The Hall–Kier alpha value is -1.96. The van der Waals surface area contributed by atoms with Gasteiger partial charge >= 0.3 is 0 Å². The van der Waals surface area contributed by atoms with E-state index in [0.29, 0.717) is 5.75 Å². The van der Waals surface area contributed by atoms with Crippen molar-refractivity contribution < 1.29 is 5.11 Å². The van der Waals surface area contributed by atoms with E-state index in [1.54, 1.807) is 6.07 Å². The fraction of sp³-hybridized carbons (Fsp3) is 0.200. The van der Waals surface area contributed by atoms with Crippen LogP contribution in [-0.4, -0.2) is 12.2 Å². The number of nitrogens with one attached hydrogen (secondary N) is 1. The number of aromatic hydroxyl groups is 1. The van der Waals surface area contributed by atoms with E-state index < -0.39 is 0 Å². The standard InChI is InChI=1S/C15H17NO/c1-11-9-12(7-8-14(11)16-2)10-13-5-3-4-6-15(13)17/h3-9,16-17H,10H2,1-2H3. The number of benzene rings is 2. The van der Waals surface area contributed by atoms with Crippen LogP contribution in [0.4, 0.5) is 5.69 Å². The van der Waals surface area contributed by atoms with Gasteiger partial charge in [-0.3, -0.25) is 0 Å². The lowest BCUT2D eigenvalue weighted by molar-refractivity contribution is 0.469. The molecule has 0 radical (unpaired) electrons. The maximum atomic E-state index is 9.73. The smallest absolute Gasteiger partial charge is 0.119 e. The van der Waals surface area contributed by atoms with Gasteiger partial charge in [-0.25, -0.2) is 0 Å². The molecule has 0 bridgehead atoms. The van der Waals surface area contributed by atoms with Gasteiger partial charge in [-0.2, -0.15) is 0 Å². The number of phenolic OH excluding ortho intramolecular Hbond substituents is 1. The SMILES string of the molecule is CNc1ccc(Cc2ccccc2O)cc1C. The van der Waals surface area contributed by atoms with E-state index in [9.17, 15) is 5.11 Å². The Labute approximate surface area is 102 Å². The number of phenols is 1. The van der Waals surface area contributed by atoms with Gasteiger partial charge in [0, 0.05) is 19.2 Å². The van der Waals surface area contributed by atoms with E-state index in [1.165, 1.54) is 11.1 Å². The molecular formula is C15H17NO. The Balaban J connectivity index is 2.25. The summed E-state index contributed by atoms with van der Waals surface area (Å²) in [6, 6.07) is 13.8. The van der Waals surface area contributed by atoms with E-state index in [2.05, 4.69) is 30.4 Å². The van der Waals surface area contributed by atoms with Crippen molar-refractivity contribution in [1.29, 1.82) is 0 Å². The van der Waals surface area contributed by atoms with Crippen molar-refractivity contribution in [2.24, 2.45) is 0 Å². The Kier molecular flexibility index (Phi) is 3.33. The highest BCUT2D eigenvalue weighted by Gasteiger charge is 2.03. The molecule has 0 amide bonds. The molecule has 0 unspecified atom stereocenters. The van der Waals surface area contributed by atoms with Gasteiger partial charge in [0.05, 0.1) is 0 Å². The number of aryl methyl sites for hydroxylation is 1. The molecular weight excluding hydrogens is 210 g/mol. The highest BCUT2D eigenvalue weighted by molar-refractivity contribution is 5.52. The topological polar surface area (TPSA) is 32.3 Å². The normalized spacial score (nSPS) is 10.2. The van der Waals surface area contributed by atoms with E-state index in [4.69, 9.17) is 0 Å². The zero-order valence-electron chi connectivity index (χ0n) is 10.2. The molecule has 2 aromatic carbocycles. The summed E-state index contributed by atoms with van der Waals surface area (Å²) in [7, 11) is 1.92. The first kappa shape index (κ1) is 11.5. The number of anilines is 1. The van der Waals surface area contributed by atoms with Gasteiger partial charge in [0.25, 0.3) is 0 Å². The summed E-state index contributed by atoms with van der Waals surface area (Å²) >= 11 is 0. The molecule has 0 aliphatic heterocycles. The summed E-state index contributed by atoms with van der Waals surface area (Å²) < 4.78 is 0. The second-order valence-electron chi connectivity index (χ2n) is 4.20. The predicted molar refractivity (Wildman–Crippen MR) is 71.6 cm³/mol. The lowest BCUT2D eigenvalue weighted by Crippen LogP contribution is -1.94. The quantitative estimate of drug-likeness (QED) is 0.843. The molecule has 2 heteroatoms. The van der Waals surface area contributed by atoms with Crippen LogP contribution in [0.5, 0.6) is 5.75 Å².